The summed E-state index contributed by atoms with van der Waals surface area (Å²) < 4.78 is 32.3. The molecule has 1 aliphatic heterocycles. The maximum absolute atomic E-state index is 13.1. The molecule has 7 heteroatoms. The Morgan fingerprint density at radius 2 is 1.74 bits per heavy atom. The topological polar surface area (TPSA) is 75.7 Å². The summed E-state index contributed by atoms with van der Waals surface area (Å²) in [5, 5.41) is 3.03. The summed E-state index contributed by atoms with van der Waals surface area (Å²) in [7, 11) is -3.59. The standard InChI is InChI=1S/C24H32N2O4S/c1-23(2,3)18-12-13-20-19(14-18)26(31(6,28)29)16-21(30-20)22(27)25-24(4,5)15-17-10-8-7-9-11-17/h7-14,21H,15-16H2,1-6H3,(H,25,27). The van der Waals surface area contributed by atoms with Crippen molar-refractivity contribution >= 4 is 21.6 Å². The van der Waals surface area contributed by atoms with Crippen LogP contribution in [0.4, 0.5) is 5.69 Å². The molecule has 0 bridgehead atoms. The van der Waals surface area contributed by atoms with Gasteiger partial charge in [0.2, 0.25) is 10.0 Å². The van der Waals surface area contributed by atoms with Gasteiger partial charge in [0, 0.05) is 5.54 Å². The molecule has 1 heterocycles. The number of rotatable bonds is 5. The van der Waals surface area contributed by atoms with Crippen molar-refractivity contribution in [1.82, 2.24) is 5.32 Å². The van der Waals surface area contributed by atoms with E-state index >= 15 is 0 Å². The van der Waals surface area contributed by atoms with Crippen molar-refractivity contribution in [2.75, 3.05) is 17.1 Å². The first-order valence-electron chi connectivity index (χ1n) is 10.4. The van der Waals surface area contributed by atoms with Gasteiger partial charge in [-0.1, -0.05) is 57.2 Å². The number of nitrogens with one attached hydrogen (secondary N) is 1. The lowest BCUT2D eigenvalue weighted by atomic mass is 9.86. The molecule has 0 radical (unpaired) electrons. The number of sulfonamides is 1. The maximum Gasteiger partial charge on any atom is 0.263 e. The van der Waals surface area contributed by atoms with Gasteiger partial charge >= 0.3 is 0 Å². The Hall–Kier alpha value is -2.54. The lowest BCUT2D eigenvalue weighted by molar-refractivity contribution is -0.129. The molecule has 1 N–H and O–H groups in total. The average molecular weight is 445 g/mol. The SMILES string of the molecule is CC(C)(Cc1ccccc1)NC(=O)C1CN(S(C)(=O)=O)c2cc(C(C)(C)C)ccc2O1. The van der Waals surface area contributed by atoms with E-state index in [1.54, 1.807) is 6.07 Å². The molecule has 0 fully saturated rings. The van der Waals surface area contributed by atoms with Crippen LogP contribution in [0, 0.1) is 0 Å². The van der Waals surface area contributed by atoms with Crippen LogP contribution < -0.4 is 14.4 Å². The number of benzene rings is 2. The lowest BCUT2D eigenvalue weighted by Crippen LogP contribution is -2.55. The van der Waals surface area contributed by atoms with Crippen molar-refractivity contribution in [3.8, 4) is 5.75 Å². The Bertz CT molecular complexity index is 1060. The highest BCUT2D eigenvalue weighted by atomic mass is 32.2. The minimum absolute atomic E-state index is 0.0628. The molecule has 31 heavy (non-hydrogen) atoms. The number of carbonyl (C=O) groups is 1. The van der Waals surface area contributed by atoms with Crippen LogP contribution in [0.3, 0.4) is 0 Å². The van der Waals surface area contributed by atoms with Crippen molar-refractivity contribution in [3.63, 3.8) is 0 Å². The zero-order chi connectivity index (χ0) is 23.0. The fourth-order valence-corrected chi connectivity index (χ4v) is 4.64. The van der Waals surface area contributed by atoms with E-state index in [1.165, 1.54) is 4.31 Å². The normalized spacial score (nSPS) is 17.0. The number of hydrogen-bond donors (Lipinski definition) is 1. The number of carbonyl (C=O) groups excluding carboxylic acids is 1. The largest absolute Gasteiger partial charge is 0.476 e. The third-order valence-electron chi connectivity index (χ3n) is 5.34. The van der Waals surface area contributed by atoms with Gasteiger partial charge in [0.05, 0.1) is 18.5 Å². The summed E-state index contributed by atoms with van der Waals surface area (Å²) >= 11 is 0. The van der Waals surface area contributed by atoms with Gasteiger partial charge in [-0.3, -0.25) is 9.10 Å². The minimum Gasteiger partial charge on any atom is -0.476 e. The average Bonchev–Trinajstić information content (AvgIpc) is 2.65. The molecule has 1 atom stereocenters. The number of amides is 1. The molecular formula is C24H32N2O4S. The van der Waals surface area contributed by atoms with Crippen LogP contribution in [0.2, 0.25) is 0 Å². The van der Waals surface area contributed by atoms with Gasteiger partial charge < -0.3 is 10.1 Å². The smallest absolute Gasteiger partial charge is 0.263 e. The van der Waals surface area contributed by atoms with E-state index in [2.05, 4.69) is 26.1 Å². The van der Waals surface area contributed by atoms with E-state index in [4.69, 9.17) is 4.74 Å². The highest BCUT2D eigenvalue weighted by molar-refractivity contribution is 7.92. The summed E-state index contributed by atoms with van der Waals surface area (Å²) in [4.78, 5) is 13.1. The molecule has 0 aromatic heterocycles. The molecule has 1 aliphatic rings. The number of anilines is 1. The van der Waals surface area contributed by atoms with Crippen LogP contribution in [-0.4, -0.2) is 38.8 Å². The number of hydrogen-bond acceptors (Lipinski definition) is 4. The molecule has 0 aliphatic carbocycles. The molecule has 168 valence electrons. The molecule has 0 saturated carbocycles. The van der Waals surface area contributed by atoms with E-state index in [0.717, 1.165) is 17.4 Å². The Balaban J connectivity index is 1.84. The molecule has 2 aromatic rings. The molecule has 6 nitrogen and oxygen atoms in total. The van der Waals surface area contributed by atoms with Crippen LogP contribution in [0.15, 0.2) is 48.5 Å². The van der Waals surface area contributed by atoms with Gasteiger partial charge in [-0.05, 0) is 48.9 Å². The highest BCUT2D eigenvalue weighted by Gasteiger charge is 2.37. The van der Waals surface area contributed by atoms with Crippen LogP contribution in [0.5, 0.6) is 5.75 Å². The zero-order valence-electron chi connectivity index (χ0n) is 19.1. The van der Waals surface area contributed by atoms with Gasteiger partial charge in [-0.25, -0.2) is 8.42 Å². The first-order chi connectivity index (χ1) is 14.3. The van der Waals surface area contributed by atoms with E-state index in [0.29, 0.717) is 17.9 Å². The van der Waals surface area contributed by atoms with E-state index in [1.807, 2.05) is 56.3 Å². The summed E-state index contributed by atoms with van der Waals surface area (Å²) in [5.41, 5.74) is 1.91. The monoisotopic (exact) mass is 444 g/mol. The van der Waals surface area contributed by atoms with Gasteiger partial charge in [0.25, 0.3) is 5.91 Å². The molecule has 0 saturated heterocycles. The Labute approximate surface area is 185 Å². The Morgan fingerprint density at radius 3 is 2.32 bits per heavy atom. The molecular weight excluding hydrogens is 412 g/mol. The first kappa shape index (κ1) is 23.1. The summed E-state index contributed by atoms with van der Waals surface area (Å²) in [6.07, 6.45) is 0.867. The predicted octanol–water partition coefficient (Wildman–Crippen LogP) is 3.65. The first-order valence-corrected chi connectivity index (χ1v) is 12.3. The molecule has 0 spiro atoms. The Morgan fingerprint density at radius 1 is 1.10 bits per heavy atom. The third kappa shape index (κ3) is 5.58. The zero-order valence-corrected chi connectivity index (χ0v) is 19.9. The second-order valence-corrected chi connectivity index (χ2v) is 11.8. The highest BCUT2D eigenvalue weighted by Crippen LogP contribution is 2.38. The fraction of sp³-hybridized carbons (Fsp3) is 0.458. The predicted molar refractivity (Wildman–Crippen MR) is 124 cm³/mol. The minimum atomic E-state index is -3.59. The second-order valence-electron chi connectivity index (χ2n) is 9.87. The van der Waals surface area contributed by atoms with Crippen molar-refractivity contribution < 1.29 is 17.9 Å². The maximum atomic E-state index is 13.1. The summed E-state index contributed by atoms with van der Waals surface area (Å²) in [6.45, 7) is 10.0. The van der Waals surface area contributed by atoms with Crippen LogP contribution >= 0.6 is 0 Å². The number of ether oxygens (including phenoxy) is 1. The van der Waals surface area contributed by atoms with E-state index < -0.39 is 21.7 Å². The van der Waals surface area contributed by atoms with Gasteiger partial charge in [-0.15, -0.1) is 0 Å². The number of nitrogens with zero attached hydrogens (tertiary/aromatic N) is 1. The van der Waals surface area contributed by atoms with Gasteiger partial charge in [0.1, 0.15) is 5.75 Å². The molecule has 1 amide bonds. The number of fused-ring (bicyclic) bond motifs is 1. The van der Waals surface area contributed by atoms with Crippen molar-refractivity contribution in [2.24, 2.45) is 0 Å². The second kappa shape index (κ2) is 8.19. The van der Waals surface area contributed by atoms with E-state index in [-0.39, 0.29) is 17.9 Å². The van der Waals surface area contributed by atoms with Crippen LogP contribution in [0.1, 0.15) is 45.7 Å². The summed E-state index contributed by atoms with van der Waals surface area (Å²) in [6, 6.07) is 15.4. The van der Waals surface area contributed by atoms with Crippen molar-refractivity contribution in [3.05, 3.63) is 59.7 Å². The van der Waals surface area contributed by atoms with Crippen molar-refractivity contribution in [2.45, 2.75) is 58.1 Å². The van der Waals surface area contributed by atoms with Gasteiger partial charge in [-0.2, -0.15) is 0 Å². The molecule has 3 rings (SSSR count). The molecule has 2 aromatic carbocycles. The van der Waals surface area contributed by atoms with Crippen LogP contribution in [-0.2, 0) is 26.7 Å². The lowest BCUT2D eigenvalue weighted by Gasteiger charge is -2.36. The molecule has 1 unspecified atom stereocenters. The van der Waals surface area contributed by atoms with Crippen molar-refractivity contribution in [1.29, 1.82) is 0 Å². The third-order valence-corrected chi connectivity index (χ3v) is 6.48. The van der Waals surface area contributed by atoms with Gasteiger partial charge in [0.15, 0.2) is 6.10 Å². The Kier molecular flexibility index (Phi) is 6.11. The quantitative estimate of drug-likeness (QED) is 0.764. The summed E-state index contributed by atoms with van der Waals surface area (Å²) in [5.74, 6) is 0.0609. The van der Waals surface area contributed by atoms with E-state index in [9.17, 15) is 13.2 Å². The van der Waals surface area contributed by atoms with Crippen LogP contribution in [0.25, 0.3) is 0 Å². The fourth-order valence-electron chi connectivity index (χ4n) is 3.73.